The van der Waals surface area contributed by atoms with Gasteiger partial charge in [-0.05, 0) is 116 Å². The molecule has 0 aliphatic rings. The summed E-state index contributed by atoms with van der Waals surface area (Å²) >= 11 is 0. The molecule has 1 unspecified atom stereocenters. The van der Waals surface area contributed by atoms with Crippen molar-refractivity contribution in [3.8, 4) is 0 Å². The van der Waals surface area contributed by atoms with Crippen molar-refractivity contribution in [3.63, 3.8) is 0 Å². The Morgan fingerprint density at radius 1 is 0.273 bits per heavy atom. The number of ether oxygens (including phenoxy) is 3. The number of carbonyl (C=O) groups excluding carboxylic acids is 3. The maximum absolute atomic E-state index is 12.9. The highest BCUT2D eigenvalue weighted by molar-refractivity contribution is 5.71. The molecule has 0 heterocycles. The summed E-state index contributed by atoms with van der Waals surface area (Å²) in [6, 6.07) is 0. The first-order valence-corrected chi connectivity index (χ1v) is 32.7. The van der Waals surface area contributed by atoms with E-state index < -0.39 is 6.10 Å². The van der Waals surface area contributed by atoms with E-state index in [2.05, 4.69) is 118 Å². The second-order valence-electron chi connectivity index (χ2n) is 21.6. The summed E-state index contributed by atoms with van der Waals surface area (Å²) in [4.78, 5) is 38.2. The summed E-state index contributed by atoms with van der Waals surface area (Å²) in [7, 11) is 0. The molecule has 0 fully saturated rings. The minimum Gasteiger partial charge on any atom is -0.462 e. The average molecular weight is 1070 g/mol. The zero-order valence-electron chi connectivity index (χ0n) is 50.7. The summed E-state index contributed by atoms with van der Waals surface area (Å²) in [5.74, 6) is -0.896. The van der Waals surface area contributed by atoms with Gasteiger partial charge in [-0.2, -0.15) is 0 Å². The van der Waals surface area contributed by atoms with Crippen molar-refractivity contribution >= 4 is 17.9 Å². The number of hydrogen-bond donors (Lipinski definition) is 0. The molecule has 0 amide bonds. The second-order valence-corrected chi connectivity index (χ2v) is 21.6. The van der Waals surface area contributed by atoms with Crippen molar-refractivity contribution in [2.75, 3.05) is 13.2 Å². The maximum atomic E-state index is 12.9. The van der Waals surface area contributed by atoms with Gasteiger partial charge >= 0.3 is 17.9 Å². The third-order valence-corrected chi connectivity index (χ3v) is 14.0. The van der Waals surface area contributed by atoms with Crippen molar-refractivity contribution in [1.82, 2.24) is 0 Å². The fraction of sp³-hybridized carbons (Fsp3) is 0.732. The van der Waals surface area contributed by atoms with Crippen LogP contribution in [0, 0.1) is 0 Å². The lowest BCUT2D eigenvalue weighted by Crippen LogP contribution is -2.30. The number of carbonyl (C=O) groups is 3. The van der Waals surface area contributed by atoms with Crippen LogP contribution in [0.1, 0.15) is 316 Å². The van der Waals surface area contributed by atoms with Gasteiger partial charge < -0.3 is 14.2 Å². The Bertz CT molecular complexity index is 1510. The van der Waals surface area contributed by atoms with Crippen LogP contribution in [0.2, 0.25) is 0 Å². The topological polar surface area (TPSA) is 78.9 Å². The van der Waals surface area contributed by atoms with Crippen LogP contribution in [0.3, 0.4) is 0 Å². The molecule has 1 atom stereocenters. The highest BCUT2D eigenvalue weighted by Gasteiger charge is 2.19. The summed E-state index contributed by atoms with van der Waals surface area (Å²) in [6.07, 6.45) is 87.2. The van der Waals surface area contributed by atoms with Crippen molar-refractivity contribution in [2.45, 2.75) is 322 Å². The van der Waals surface area contributed by atoms with Crippen molar-refractivity contribution in [1.29, 1.82) is 0 Å². The van der Waals surface area contributed by atoms with E-state index in [0.717, 1.165) is 128 Å². The Balaban J connectivity index is 4.13. The molecule has 0 aliphatic carbocycles. The van der Waals surface area contributed by atoms with Crippen molar-refractivity contribution in [3.05, 3.63) is 97.2 Å². The summed E-state index contributed by atoms with van der Waals surface area (Å²) in [5, 5.41) is 0. The van der Waals surface area contributed by atoms with Gasteiger partial charge in [0.1, 0.15) is 13.2 Å². The van der Waals surface area contributed by atoms with E-state index in [-0.39, 0.29) is 31.1 Å². The van der Waals surface area contributed by atoms with Crippen molar-refractivity contribution in [2.24, 2.45) is 0 Å². The van der Waals surface area contributed by atoms with Crippen molar-refractivity contribution < 1.29 is 28.6 Å². The lowest BCUT2D eigenvalue weighted by molar-refractivity contribution is -0.167. The van der Waals surface area contributed by atoms with Crippen LogP contribution in [0.25, 0.3) is 0 Å². The van der Waals surface area contributed by atoms with Crippen LogP contribution >= 0.6 is 0 Å². The first-order chi connectivity index (χ1) is 38.0. The second kappa shape index (κ2) is 64.9. The molecule has 0 radical (unpaired) electrons. The van der Waals surface area contributed by atoms with E-state index in [4.69, 9.17) is 14.2 Å². The van der Waals surface area contributed by atoms with Gasteiger partial charge in [-0.25, -0.2) is 0 Å². The molecule has 0 saturated heterocycles. The third kappa shape index (κ3) is 63.0. The fourth-order valence-corrected chi connectivity index (χ4v) is 9.15. The number of esters is 3. The van der Waals surface area contributed by atoms with E-state index in [1.807, 2.05) is 0 Å². The number of allylic oxidation sites excluding steroid dienone is 16. The predicted molar refractivity (Wildman–Crippen MR) is 334 cm³/mol. The molecule has 0 rings (SSSR count). The Labute approximate surface area is 477 Å². The molecule has 0 aromatic carbocycles. The SMILES string of the molecule is CC/C=C\C/C=C\C/C=C\C/C=C\C/C=C\CCCCCCCCCCCCCCCCCCCC(=O)OCC(COC(=O)CCCCCCC/C=C\CCCCCC)OC(=O)CCCCCCC/C=C\C/C=C\CCC. The molecule has 6 nitrogen and oxygen atoms in total. The molecular weight excluding hydrogens is 949 g/mol. The predicted octanol–water partition coefficient (Wildman–Crippen LogP) is 22.4. The Hall–Kier alpha value is -3.67. The summed E-state index contributed by atoms with van der Waals surface area (Å²) in [6.45, 7) is 6.45. The van der Waals surface area contributed by atoms with Crippen LogP contribution in [-0.4, -0.2) is 37.2 Å². The zero-order valence-corrected chi connectivity index (χ0v) is 50.7. The van der Waals surface area contributed by atoms with E-state index in [1.54, 1.807) is 0 Å². The molecule has 6 heteroatoms. The molecular formula is C71H122O6. The number of unbranched alkanes of at least 4 members (excludes halogenated alkanes) is 32. The van der Waals surface area contributed by atoms with Gasteiger partial charge in [-0.1, -0.05) is 279 Å². The van der Waals surface area contributed by atoms with E-state index in [9.17, 15) is 14.4 Å². The van der Waals surface area contributed by atoms with Crippen LogP contribution in [0.15, 0.2) is 97.2 Å². The molecule has 77 heavy (non-hydrogen) atoms. The van der Waals surface area contributed by atoms with Gasteiger partial charge in [0.15, 0.2) is 6.10 Å². The minimum absolute atomic E-state index is 0.0829. The molecule has 0 aliphatic heterocycles. The van der Waals surface area contributed by atoms with Gasteiger partial charge in [0, 0.05) is 19.3 Å². The maximum Gasteiger partial charge on any atom is 0.306 e. The molecule has 0 N–H and O–H groups in total. The van der Waals surface area contributed by atoms with Gasteiger partial charge in [-0.15, -0.1) is 0 Å². The molecule has 442 valence electrons. The summed E-state index contributed by atoms with van der Waals surface area (Å²) < 4.78 is 16.9. The monoisotopic (exact) mass is 1070 g/mol. The van der Waals surface area contributed by atoms with Gasteiger partial charge in [0.05, 0.1) is 0 Å². The molecule has 0 aromatic rings. The lowest BCUT2D eigenvalue weighted by Gasteiger charge is -2.18. The molecule has 0 bridgehead atoms. The van der Waals surface area contributed by atoms with Crippen LogP contribution < -0.4 is 0 Å². The Morgan fingerprint density at radius 3 is 0.857 bits per heavy atom. The van der Waals surface area contributed by atoms with Crippen LogP contribution in [-0.2, 0) is 28.6 Å². The standard InChI is InChI=1S/C71H122O6/c1-4-7-10-13-16-19-22-25-26-27-28-29-30-31-32-33-34-35-36-37-38-39-40-41-42-43-44-47-49-52-55-58-61-64-70(73)76-67-68(77-71(74)65-62-59-56-53-50-46-24-21-18-15-12-9-6-3)66-75-69(72)63-60-57-54-51-48-45-23-20-17-14-11-8-5-2/h7,10,12,15-16,19-21,23-26,28-29,31-32,68H,4-6,8-9,11,13-14,17-18,22,27,30,33-67H2,1-3H3/b10-7-,15-12-,19-16-,23-20-,24-21-,26-25-,29-28-,32-31-. The smallest absolute Gasteiger partial charge is 0.306 e. The quantitative estimate of drug-likeness (QED) is 0.0261. The minimum atomic E-state index is -0.786. The Kier molecular flexibility index (Phi) is 61.8. The molecule has 0 spiro atoms. The lowest BCUT2D eigenvalue weighted by atomic mass is 10.0. The van der Waals surface area contributed by atoms with Crippen LogP contribution in [0.5, 0.6) is 0 Å². The fourth-order valence-electron chi connectivity index (χ4n) is 9.15. The first kappa shape index (κ1) is 73.3. The zero-order chi connectivity index (χ0) is 55.7. The molecule has 0 aromatic heterocycles. The Morgan fingerprint density at radius 2 is 0.532 bits per heavy atom. The summed E-state index contributed by atoms with van der Waals surface area (Å²) in [5.41, 5.74) is 0. The highest BCUT2D eigenvalue weighted by Crippen LogP contribution is 2.17. The van der Waals surface area contributed by atoms with Gasteiger partial charge in [0.2, 0.25) is 0 Å². The highest BCUT2D eigenvalue weighted by atomic mass is 16.6. The first-order valence-electron chi connectivity index (χ1n) is 32.7. The van der Waals surface area contributed by atoms with E-state index in [1.165, 1.54) is 148 Å². The average Bonchev–Trinajstić information content (AvgIpc) is 3.43. The van der Waals surface area contributed by atoms with E-state index >= 15 is 0 Å². The van der Waals surface area contributed by atoms with Gasteiger partial charge in [-0.3, -0.25) is 14.4 Å². The number of hydrogen-bond acceptors (Lipinski definition) is 6. The molecule has 0 saturated carbocycles. The normalized spacial score (nSPS) is 12.7. The third-order valence-electron chi connectivity index (χ3n) is 14.0. The van der Waals surface area contributed by atoms with Crippen LogP contribution in [0.4, 0.5) is 0 Å². The van der Waals surface area contributed by atoms with Gasteiger partial charge in [0.25, 0.3) is 0 Å². The van der Waals surface area contributed by atoms with E-state index in [0.29, 0.717) is 19.3 Å². The number of rotatable bonds is 59. The largest absolute Gasteiger partial charge is 0.462 e.